The first-order valence-electron chi connectivity index (χ1n) is 11.0. The average molecular weight is 474 g/mol. The van der Waals surface area contributed by atoms with Gasteiger partial charge in [-0.1, -0.05) is 48.0 Å². The number of benzene rings is 3. The van der Waals surface area contributed by atoms with E-state index in [9.17, 15) is 0 Å². The van der Waals surface area contributed by atoms with E-state index in [4.69, 9.17) is 24.4 Å². The van der Waals surface area contributed by atoms with Crippen LogP contribution in [-0.4, -0.2) is 28.0 Å². The van der Waals surface area contributed by atoms with Crippen molar-refractivity contribution in [3.63, 3.8) is 0 Å². The predicted octanol–water partition coefficient (Wildman–Crippen LogP) is 7.43. The summed E-state index contributed by atoms with van der Waals surface area (Å²) < 4.78 is 0.769. The van der Waals surface area contributed by atoms with Gasteiger partial charge in [0.1, 0.15) is 0 Å². The summed E-state index contributed by atoms with van der Waals surface area (Å²) in [6, 6.07) is 23.7. The number of nitrogens with one attached hydrogen (secondary N) is 3. The van der Waals surface area contributed by atoms with Crippen molar-refractivity contribution in [3.8, 4) is 22.3 Å². The summed E-state index contributed by atoms with van der Waals surface area (Å²) >= 11 is 10.4. The molecule has 0 bridgehead atoms. The van der Waals surface area contributed by atoms with Crippen molar-refractivity contribution in [2.45, 2.75) is 20.8 Å². The van der Waals surface area contributed by atoms with Crippen LogP contribution in [0.5, 0.6) is 0 Å². The van der Waals surface area contributed by atoms with Crippen molar-refractivity contribution >= 4 is 41.8 Å². The van der Waals surface area contributed by atoms with Crippen LogP contribution in [0.1, 0.15) is 19.4 Å². The van der Waals surface area contributed by atoms with Gasteiger partial charge in [0.15, 0.2) is 4.77 Å². The van der Waals surface area contributed by atoms with Gasteiger partial charge < -0.3 is 20.2 Å². The molecule has 33 heavy (non-hydrogen) atoms. The Balaban J connectivity index is 1.84. The molecule has 0 radical (unpaired) electrons. The van der Waals surface area contributed by atoms with Gasteiger partial charge in [0, 0.05) is 24.5 Å². The fraction of sp³-hybridized carbons (Fsp3) is 0.192. The maximum Gasteiger partial charge on any atom is 0.209 e. The zero-order valence-electron chi connectivity index (χ0n) is 19.0. The lowest BCUT2D eigenvalue weighted by Crippen LogP contribution is -2.21. The van der Waals surface area contributed by atoms with Gasteiger partial charge in [0.25, 0.3) is 0 Å². The molecule has 0 spiro atoms. The number of aryl methyl sites for hydroxylation is 1. The molecule has 7 heteroatoms. The first-order valence-corrected chi connectivity index (χ1v) is 11.8. The van der Waals surface area contributed by atoms with Crippen LogP contribution >= 0.6 is 24.4 Å². The van der Waals surface area contributed by atoms with Crippen LogP contribution in [0.2, 0.25) is 0 Å². The molecule has 0 amide bonds. The van der Waals surface area contributed by atoms with E-state index in [1.807, 2.05) is 6.07 Å². The molecule has 0 aliphatic carbocycles. The minimum absolute atomic E-state index is 0.338. The Morgan fingerprint density at radius 1 is 0.848 bits per heavy atom. The lowest BCUT2D eigenvalue weighted by molar-refractivity contribution is 0.866. The van der Waals surface area contributed by atoms with Crippen LogP contribution in [0, 0.1) is 16.5 Å². The molecule has 0 aliphatic rings. The molecular formula is C26H27N5S2. The largest absolute Gasteiger partial charge is 0.372 e. The van der Waals surface area contributed by atoms with E-state index in [-0.39, 0.29) is 0 Å². The van der Waals surface area contributed by atoms with Crippen molar-refractivity contribution in [2.75, 3.05) is 23.3 Å². The molecular weight excluding hydrogens is 446 g/mol. The number of nitrogens with zero attached hydrogens (tertiary/aromatic N) is 2. The highest BCUT2D eigenvalue weighted by atomic mass is 32.1. The minimum atomic E-state index is 0.338. The Labute approximate surface area is 204 Å². The number of aromatic nitrogens is 3. The van der Waals surface area contributed by atoms with Crippen molar-refractivity contribution in [1.82, 2.24) is 15.0 Å². The van der Waals surface area contributed by atoms with Crippen molar-refractivity contribution < 1.29 is 0 Å². The second-order valence-electron chi connectivity index (χ2n) is 7.82. The molecule has 0 fully saturated rings. The number of aromatic amines is 2. The second kappa shape index (κ2) is 10.1. The third-order valence-electron chi connectivity index (χ3n) is 5.56. The third-order valence-corrected chi connectivity index (χ3v) is 5.96. The van der Waals surface area contributed by atoms with Gasteiger partial charge in [0.2, 0.25) is 10.7 Å². The van der Waals surface area contributed by atoms with Gasteiger partial charge in [-0.25, -0.2) is 0 Å². The SMILES string of the molecule is CCN(CC)c1cccc(-c2cc(Nc3nc(=S)[nH]c(=S)[nH]3)ccc2-c2cccc(C)c2)c1. The normalized spacial score (nSPS) is 10.8. The topological polar surface area (TPSA) is 59.7 Å². The minimum Gasteiger partial charge on any atom is -0.372 e. The molecule has 1 heterocycles. The molecule has 4 aromatic rings. The van der Waals surface area contributed by atoms with Crippen LogP contribution in [-0.2, 0) is 0 Å². The van der Waals surface area contributed by atoms with Gasteiger partial charge in [0.05, 0.1) is 0 Å². The molecule has 0 unspecified atom stereocenters. The van der Waals surface area contributed by atoms with E-state index in [2.05, 4.69) is 107 Å². The highest BCUT2D eigenvalue weighted by Gasteiger charge is 2.12. The summed E-state index contributed by atoms with van der Waals surface area (Å²) in [6.07, 6.45) is 0. The van der Waals surface area contributed by atoms with Crippen LogP contribution < -0.4 is 10.2 Å². The second-order valence-corrected chi connectivity index (χ2v) is 8.62. The van der Waals surface area contributed by atoms with Crippen molar-refractivity contribution in [3.05, 3.63) is 81.8 Å². The Bertz CT molecular complexity index is 1360. The number of rotatable bonds is 7. The summed E-state index contributed by atoms with van der Waals surface area (Å²) in [6.45, 7) is 8.41. The number of hydrogen-bond acceptors (Lipinski definition) is 5. The number of anilines is 3. The molecule has 3 N–H and O–H groups in total. The molecule has 0 saturated carbocycles. The standard InChI is InChI=1S/C26H27N5S2/c1-4-31(5-2)21-11-7-10-19(15-21)23-16-20(27-24-28-25(32)30-26(33)29-24)12-13-22(23)18-9-6-8-17(3)14-18/h6-16H,4-5H2,1-3H3,(H3,27,28,29,30,32,33). The van der Waals surface area contributed by atoms with Crippen LogP contribution in [0.4, 0.5) is 17.3 Å². The summed E-state index contributed by atoms with van der Waals surface area (Å²) in [5, 5.41) is 3.32. The van der Waals surface area contributed by atoms with Crippen molar-refractivity contribution in [2.24, 2.45) is 0 Å². The number of hydrogen-bond donors (Lipinski definition) is 3. The molecule has 168 valence electrons. The van der Waals surface area contributed by atoms with E-state index < -0.39 is 0 Å². The van der Waals surface area contributed by atoms with Crippen LogP contribution in [0.15, 0.2) is 66.7 Å². The highest BCUT2D eigenvalue weighted by Crippen LogP contribution is 2.36. The van der Waals surface area contributed by atoms with Gasteiger partial charge in [-0.3, -0.25) is 0 Å². The Kier molecular flexibility index (Phi) is 7.01. The van der Waals surface area contributed by atoms with E-state index in [1.54, 1.807) is 0 Å². The van der Waals surface area contributed by atoms with E-state index >= 15 is 0 Å². The first kappa shape index (κ1) is 22.9. The molecule has 3 aromatic carbocycles. The molecule has 4 rings (SSSR count). The molecule has 0 atom stereocenters. The Hall–Kier alpha value is -3.29. The lowest BCUT2D eigenvalue weighted by Gasteiger charge is -2.22. The van der Waals surface area contributed by atoms with E-state index in [0.29, 0.717) is 15.5 Å². The zero-order valence-corrected chi connectivity index (χ0v) is 20.6. The van der Waals surface area contributed by atoms with Gasteiger partial charge in [-0.05, 0) is 91.7 Å². The summed E-state index contributed by atoms with van der Waals surface area (Å²) in [4.78, 5) is 12.5. The highest BCUT2D eigenvalue weighted by molar-refractivity contribution is 7.71. The zero-order chi connectivity index (χ0) is 23.4. The quantitative estimate of drug-likeness (QED) is 0.244. The summed E-state index contributed by atoms with van der Waals surface area (Å²) in [5.41, 5.74) is 7.99. The Morgan fingerprint density at radius 3 is 2.27 bits per heavy atom. The first-order chi connectivity index (χ1) is 16.0. The third kappa shape index (κ3) is 5.38. The average Bonchev–Trinajstić information content (AvgIpc) is 2.79. The van der Waals surface area contributed by atoms with Gasteiger partial charge in [-0.15, -0.1) is 0 Å². The fourth-order valence-corrected chi connectivity index (χ4v) is 4.42. The van der Waals surface area contributed by atoms with Crippen molar-refractivity contribution in [1.29, 1.82) is 0 Å². The maximum absolute atomic E-state index is 5.20. The van der Waals surface area contributed by atoms with Crippen LogP contribution in [0.3, 0.4) is 0 Å². The monoisotopic (exact) mass is 473 g/mol. The van der Waals surface area contributed by atoms with E-state index in [0.717, 1.165) is 29.9 Å². The van der Waals surface area contributed by atoms with Crippen LogP contribution in [0.25, 0.3) is 22.3 Å². The van der Waals surface area contributed by atoms with Gasteiger partial charge in [-0.2, -0.15) is 4.98 Å². The van der Waals surface area contributed by atoms with E-state index in [1.165, 1.54) is 22.4 Å². The smallest absolute Gasteiger partial charge is 0.209 e. The molecule has 1 aromatic heterocycles. The maximum atomic E-state index is 5.20. The summed E-state index contributed by atoms with van der Waals surface area (Å²) in [7, 11) is 0. The lowest BCUT2D eigenvalue weighted by atomic mass is 9.93. The Morgan fingerprint density at radius 2 is 1.58 bits per heavy atom. The molecule has 5 nitrogen and oxygen atoms in total. The van der Waals surface area contributed by atoms with Gasteiger partial charge >= 0.3 is 0 Å². The predicted molar refractivity (Wildman–Crippen MR) is 144 cm³/mol. The summed E-state index contributed by atoms with van der Waals surface area (Å²) in [5.74, 6) is 0.509. The fourth-order valence-electron chi connectivity index (χ4n) is 3.97. The molecule has 0 saturated heterocycles. The number of H-pyrrole nitrogens is 2. The molecule has 0 aliphatic heterocycles.